The van der Waals surface area contributed by atoms with Crippen molar-refractivity contribution >= 4 is 17.4 Å². The Morgan fingerprint density at radius 3 is 2.62 bits per heavy atom. The molecule has 1 amide bonds. The lowest BCUT2D eigenvalue weighted by molar-refractivity contribution is -0.143. The van der Waals surface area contributed by atoms with E-state index in [1.54, 1.807) is 6.92 Å². The molecule has 3 aliphatic rings. The van der Waals surface area contributed by atoms with Crippen molar-refractivity contribution in [3.8, 4) is 0 Å². The normalized spacial score (nSPS) is 19.0. The van der Waals surface area contributed by atoms with E-state index in [1.807, 2.05) is 9.58 Å². The quantitative estimate of drug-likeness (QED) is 0.615. The lowest BCUT2D eigenvalue weighted by atomic mass is 10.0. The summed E-state index contributed by atoms with van der Waals surface area (Å²) in [5.74, 6) is -0.660. The fourth-order valence-corrected chi connectivity index (χ4v) is 5.25. The Kier molecular flexibility index (Phi) is 6.22. The maximum atomic E-state index is 13.7. The van der Waals surface area contributed by atoms with Crippen molar-refractivity contribution in [2.24, 2.45) is 0 Å². The molecule has 0 radical (unpaired) electrons. The summed E-state index contributed by atoms with van der Waals surface area (Å²) in [6.45, 7) is 3.55. The standard InChI is InChI=1S/C23H27F4N5O2/c1-13-15(20(24)25)11-19-17(28-13)3-2-7-31(19)22-16-12-30(23(33)21(26)27)8-4-18(16)32(29-22)14-5-9-34-10-6-14/h11,14,20-21H,2-10,12H2,1H3. The zero-order valence-corrected chi connectivity index (χ0v) is 18.9. The number of aromatic nitrogens is 3. The first-order valence-corrected chi connectivity index (χ1v) is 11.7. The summed E-state index contributed by atoms with van der Waals surface area (Å²) in [5.41, 5.74) is 3.10. The maximum Gasteiger partial charge on any atom is 0.315 e. The van der Waals surface area contributed by atoms with Gasteiger partial charge in [-0.15, -0.1) is 0 Å². The highest BCUT2D eigenvalue weighted by atomic mass is 19.3. The molecule has 0 unspecified atom stereocenters. The van der Waals surface area contributed by atoms with Crippen molar-refractivity contribution < 1.29 is 27.1 Å². The molecule has 3 aliphatic heterocycles. The van der Waals surface area contributed by atoms with Gasteiger partial charge >= 0.3 is 6.43 Å². The molecule has 11 heteroatoms. The minimum absolute atomic E-state index is 0.0177. The summed E-state index contributed by atoms with van der Waals surface area (Å²) < 4.78 is 61.1. The number of carbonyl (C=O) groups excluding carboxylic acids is 1. The Labute approximate surface area is 194 Å². The van der Waals surface area contributed by atoms with E-state index in [9.17, 15) is 22.4 Å². The molecule has 0 aromatic carbocycles. The van der Waals surface area contributed by atoms with Crippen LogP contribution < -0.4 is 4.90 Å². The van der Waals surface area contributed by atoms with Crippen molar-refractivity contribution in [1.82, 2.24) is 19.7 Å². The third kappa shape index (κ3) is 4.03. The summed E-state index contributed by atoms with van der Waals surface area (Å²) in [7, 11) is 0. The predicted molar refractivity (Wildman–Crippen MR) is 116 cm³/mol. The van der Waals surface area contributed by atoms with Crippen molar-refractivity contribution in [2.75, 3.05) is 31.2 Å². The first kappa shape index (κ1) is 23.1. The Balaban J connectivity index is 1.60. The molecular formula is C23H27F4N5O2. The SMILES string of the molecule is Cc1nc2c(cc1C(F)F)N(c1nn(C3CCOCC3)c3c1CN(C(=O)C(F)F)CC3)CCC2. The summed E-state index contributed by atoms with van der Waals surface area (Å²) in [6, 6.07) is 1.58. The van der Waals surface area contributed by atoms with Gasteiger partial charge in [-0.05, 0) is 38.7 Å². The second kappa shape index (κ2) is 9.16. The van der Waals surface area contributed by atoms with Crippen molar-refractivity contribution in [3.63, 3.8) is 0 Å². The van der Waals surface area contributed by atoms with Gasteiger partial charge < -0.3 is 14.5 Å². The van der Waals surface area contributed by atoms with Crippen LogP contribution in [0.4, 0.5) is 29.1 Å². The van der Waals surface area contributed by atoms with E-state index in [4.69, 9.17) is 9.84 Å². The monoisotopic (exact) mass is 481 g/mol. The zero-order chi connectivity index (χ0) is 24.0. The molecule has 0 saturated carbocycles. The van der Waals surface area contributed by atoms with Gasteiger partial charge in [-0.2, -0.15) is 13.9 Å². The zero-order valence-electron chi connectivity index (χ0n) is 18.9. The first-order valence-electron chi connectivity index (χ1n) is 11.7. The van der Waals surface area contributed by atoms with Gasteiger partial charge in [0.15, 0.2) is 5.82 Å². The molecule has 2 aromatic heterocycles. The molecule has 0 aliphatic carbocycles. The van der Waals surface area contributed by atoms with Gasteiger partial charge in [-0.25, -0.2) is 8.78 Å². The Hall–Kier alpha value is -2.69. The Morgan fingerprint density at radius 1 is 1.15 bits per heavy atom. The molecule has 5 heterocycles. The fraction of sp³-hybridized carbons (Fsp3) is 0.609. The number of fused-ring (bicyclic) bond motifs is 2. The third-order valence-corrected chi connectivity index (χ3v) is 6.99. The number of ether oxygens (including phenoxy) is 1. The second-order valence-corrected chi connectivity index (χ2v) is 9.03. The van der Waals surface area contributed by atoms with Crippen molar-refractivity contribution in [2.45, 2.75) is 64.5 Å². The molecular weight excluding hydrogens is 454 g/mol. The van der Waals surface area contributed by atoms with Crippen LogP contribution in [0.3, 0.4) is 0 Å². The molecule has 0 N–H and O–H groups in total. The largest absolute Gasteiger partial charge is 0.381 e. The first-order chi connectivity index (χ1) is 16.3. The number of amides is 1. The Bertz CT molecular complexity index is 1080. The van der Waals surface area contributed by atoms with Gasteiger partial charge in [0.2, 0.25) is 0 Å². The summed E-state index contributed by atoms with van der Waals surface area (Å²) in [4.78, 5) is 19.6. The van der Waals surface area contributed by atoms with Gasteiger partial charge in [0.05, 0.1) is 24.0 Å². The molecule has 2 aromatic rings. The van der Waals surface area contributed by atoms with Crippen LogP contribution in [-0.4, -0.2) is 58.3 Å². The number of carbonyl (C=O) groups is 1. The highest BCUT2D eigenvalue weighted by Gasteiger charge is 2.36. The van der Waals surface area contributed by atoms with Crippen LogP contribution in [0.5, 0.6) is 0 Å². The van der Waals surface area contributed by atoms with Crippen LogP contribution in [0.25, 0.3) is 0 Å². The molecule has 34 heavy (non-hydrogen) atoms. The number of alkyl halides is 4. The van der Waals surface area contributed by atoms with Gasteiger partial charge in [0, 0.05) is 55.2 Å². The van der Waals surface area contributed by atoms with Crippen molar-refractivity contribution in [3.05, 3.63) is 34.3 Å². The molecule has 1 fully saturated rings. The molecule has 0 spiro atoms. The molecule has 5 rings (SSSR count). The van der Waals surface area contributed by atoms with E-state index in [-0.39, 0.29) is 24.7 Å². The van der Waals surface area contributed by atoms with E-state index in [1.165, 1.54) is 6.07 Å². The lowest BCUT2D eigenvalue weighted by Gasteiger charge is -2.33. The van der Waals surface area contributed by atoms with Crippen LogP contribution in [0, 0.1) is 6.92 Å². The number of hydrogen-bond acceptors (Lipinski definition) is 5. The lowest BCUT2D eigenvalue weighted by Crippen LogP contribution is -2.40. The maximum absolute atomic E-state index is 13.7. The summed E-state index contributed by atoms with van der Waals surface area (Å²) in [5, 5.41) is 4.92. The molecule has 1 saturated heterocycles. The highest BCUT2D eigenvalue weighted by Crippen LogP contribution is 2.40. The topological polar surface area (TPSA) is 63.5 Å². The summed E-state index contributed by atoms with van der Waals surface area (Å²) >= 11 is 0. The van der Waals surface area contributed by atoms with Gasteiger partial charge in [-0.3, -0.25) is 14.5 Å². The van der Waals surface area contributed by atoms with Crippen LogP contribution in [0.2, 0.25) is 0 Å². The van der Waals surface area contributed by atoms with Crippen LogP contribution in [0.15, 0.2) is 6.07 Å². The fourth-order valence-electron chi connectivity index (χ4n) is 5.25. The van der Waals surface area contributed by atoms with Gasteiger partial charge in [0.1, 0.15) is 0 Å². The number of anilines is 2. The van der Waals surface area contributed by atoms with E-state index in [2.05, 4.69) is 4.98 Å². The van der Waals surface area contributed by atoms with E-state index in [0.29, 0.717) is 55.4 Å². The highest BCUT2D eigenvalue weighted by molar-refractivity contribution is 5.80. The van der Waals surface area contributed by atoms with Crippen molar-refractivity contribution in [1.29, 1.82) is 0 Å². The van der Waals surface area contributed by atoms with Crippen LogP contribution in [0.1, 0.15) is 59.9 Å². The molecule has 0 atom stereocenters. The minimum atomic E-state index is -3.08. The smallest absolute Gasteiger partial charge is 0.315 e. The third-order valence-electron chi connectivity index (χ3n) is 6.99. The number of hydrogen-bond donors (Lipinski definition) is 0. The van der Waals surface area contributed by atoms with Crippen LogP contribution >= 0.6 is 0 Å². The average molecular weight is 481 g/mol. The number of nitrogens with zero attached hydrogens (tertiary/aromatic N) is 5. The average Bonchev–Trinajstić information content (AvgIpc) is 3.21. The number of rotatable bonds is 4. The number of pyridine rings is 1. The number of aryl methyl sites for hydroxylation is 2. The molecule has 184 valence electrons. The van der Waals surface area contributed by atoms with E-state index >= 15 is 0 Å². The van der Waals surface area contributed by atoms with Gasteiger partial charge in [0.25, 0.3) is 12.3 Å². The van der Waals surface area contributed by atoms with E-state index in [0.717, 1.165) is 35.6 Å². The molecule has 7 nitrogen and oxygen atoms in total. The summed E-state index contributed by atoms with van der Waals surface area (Å²) in [6.07, 6.45) is -2.35. The predicted octanol–water partition coefficient (Wildman–Crippen LogP) is 4.11. The number of halogens is 4. The van der Waals surface area contributed by atoms with Gasteiger partial charge in [-0.1, -0.05) is 0 Å². The second-order valence-electron chi connectivity index (χ2n) is 9.03. The Morgan fingerprint density at radius 2 is 1.91 bits per heavy atom. The molecule has 0 bridgehead atoms. The minimum Gasteiger partial charge on any atom is -0.381 e. The van der Waals surface area contributed by atoms with E-state index < -0.39 is 18.8 Å². The van der Waals surface area contributed by atoms with Crippen LogP contribution in [-0.2, 0) is 28.9 Å².